The Labute approximate surface area is 135 Å². The first-order chi connectivity index (χ1) is 10.6. The molecule has 22 heavy (non-hydrogen) atoms. The molecule has 2 aliphatic heterocycles. The van der Waals surface area contributed by atoms with Crippen molar-refractivity contribution in [2.45, 2.75) is 51.6 Å². The highest BCUT2D eigenvalue weighted by atomic mass is 16.3. The van der Waals surface area contributed by atoms with Crippen LogP contribution in [0.25, 0.3) is 0 Å². The van der Waals surface area contributed by atoms with Crippen LogP contribution in [0.15, 0.2) is 12.2 Å². The van der Waals surface area contributed by atoms with Gasteiger partial charge in [-0.25, -0.2) is 0 Å². The number of aliphatic hydroxyl groups is 2. The van der Waals surface area contributed by atoms with E-state index in [9.17, 15) is 10.2 Å². The SMILES string of the molecule is C[C@@H]1CC[C@H](CO)CN1C/C=C/CN1C[C@@H](CO)CC[C@H]1C. The van der Waals surface area contributed by atoms with E-state index in [0.29, 0.717) is 37.1 Å². The molecule has 0 aromatic carbocycles. The predicted molar refractivity (Wildman–Crippen MR) is 90.8 cm³/mol. The van der Waals surface area contributed by atoms with Crippen LogP contribution in [-0.4, -0.2) is 71.5 Å². The van der Waals surface area contributed by atoms with E-state index in [1.54, 1.807) is 0 Å². The van der Waals surface area contributed by atoms with Crippen LogP contribution in [0.1, 0.15) is 39.5 Å². The average Bonchev–Trinajstić information content (AvgIpc) is 2.54. The summed E-state index contributed by atoms with van der Waals surface area (Å²) in [6.45, 7) is 9.25. The molecular formula is C18H34N2O2. The van der Waals surface area contributed by atoms with Crippen molar-refractivity contribution in [3.05, 3.63) is 12.2 Å². The van der Waals surface area contributed by atoms with Gasteiger partial charge in [0, 0.05) is 51.5 Å². The molecule has 0 radical (unpaired) electrons. The molecule has 2 saturated heterocycles. The van der Waals surface area contributed by atoms with Crippen LogP contribution in [0, 0.1) is 11.8 Å². The van der Waals surface area contributed by atoms with Gasteiger partial charge in [-0.1, -0.05) is 12.2 Å². The molecule has 2 N–H and O–H groups in total. The van der Waals surface area contributed by atoms with Gasteiger partial charge in [-0.2, -0.15) is 0 Å². The Morgan fingerprint density at radius 2 is 1.18 bits per heavy atom. The minimum atomic E-state index is 0.320. The molecular weight excluding hydrogens is 276 g/mol. The van der Waals surface area contributed by atoms with Crippen molar-refractivity contribution < 1.29 is 10.2 Å². The minimum Gasteiger partial charge on any atom is -0.396 e. The third-order valence-electron chi connectivity index (χ3n) is 5.58. The largest absolute Gasteiger partial charge is 0.396 e. The highest BCUT2D eigenvalue weighted by Crippen LogP contribution is 2.22. The molecule has 0 aromatic heterocycles. The van der Waals surface area contributed by atoms with E-state index in [2.05, 4.69) is 35.8 Å². The first kappa shape index (κ1) is 17.9. The van der Waals surface area contributed by atoms with Crippen molar-refractivity contribution in [2.75, 3.05) is 39.4 Å². The third kappa shape index (κ3) is 5.05. The molecule has 0 spiro atoms. The fraction of sp³-hybridized carbons (Fsp3) is 0.889. The second-order valence-electron chi connectivity index (χ2n) is 7.33. The summed E-state index contributed by atoms with van der Waals surface area (Å²) in [7, 11) is 0. The fourth-order valence-electron chi connectivity index (χ4n) is 3.75. The normalized spacial score (nSPS) is 35.3. The van der Waals surface area contributed by atoms with Crippen LogP contribution in [-0.2, 0) is 0 Å². The van der Waals surface area contributed by atoms with Crippen molar-refractivity contribution in [1.29, 1.82) is 0 Å². The smallest absolute Gasteiger partial charge is 0.0471 e. The van der Waals surface area contributed by atoms with Crippen LogP contribution in [0.2, 0.25) is 0 Å². The molecule has 2 rings (SSSR count). The van der Waals surface area contributed by atoms with Gasteiger partial charge in [-0.15, -0.1) is 0 Å². The summed E-state index contributed by atoms with van der Waals surface area (Å²) in [4.78, 5) is 4.97. The van der Waals surface area contributed by atoms with Crippen LogP contribution >= 0.6 is 0 Å². The van der Waals surface area contributed by atoms with Crippen molar-refractivity contribution in [3.8, 4) is 0 Å². The van der Waals surface area contributed by atoms with E-state index in [0.717, 1.165) is 39.0 Å². The van der Waals surface area contributed by atoms with Crippen LogP contribution in [0.4, 0.5) is 0 Å². The first-order valence-corrected chi connectivity index (χ1v) is 8.98. The number of rotatable bonds is 6. The Morgan fingerprint density at radius 1 is 0.773 bits per heavy atom. The zero-order valence-electron chi connectivity index (χ0n) is 14.3. The lowest BCUT2D eigenvalue weighted by molar-refractivity contribution is 0.0895. The summed E-state index contributed by atoms with van der Waals surface area (Å²) in [6, 6.07) is 1.25. The maximum Gasteiger partial charge on any atom is 0.0471 e. The summed E-state index contributed by atoms with van der Waals surface area (Å²) in [5.41, 5.74) is 0. The lowest BCUT2D eigenvalue weighted by atomic mass is 9.94. The Bertz CT molecular complexity index is 316. The molecule has 4 atom stereocenters. The summed E-state index contributed by atoms with van der Waals surface area (Å²) < 4.78 is 0. The first-order valence-electron chi connectivity index (χ1n) is 8.98. The zero-order chi connectivity index (χ0) is 15.9. The van der Waals surface area contributed by atoms with E-state index in [1.165, 1.54) is 12.8 Å². The molecule has 128 valence electrons. The van der Waals surface area contributed by atoms with Gasteiger partial charge in [0.05, 0.1) is 0 Å². The molecule has 4 nitrogen and oxygen atoms in total. The minimum absolute atomic E-state index is 0.320. The molecule has 2 fully saturated rings. The number of aliphatic hydroxyl groups excluding tert-OH is 2. The molecule has 0 saturated carbocycles. The lowest BCUT2D eigenvalue weighted by Crippen LogP contribution is -2.43. The van der Waals surface area contributed by atoms with E-state index >= 15 is 0 Å². The van der Waals surface area contributed by atoms with Crippen LogP contribution in [0.5, 0.6) is 0 Å². The number of hydrogen-bond acceptors (Lipinski definition) is 4. The topological polar surface area (TPSA) is 46.9 Å². The summed E-state index contributed by atoms with van der Waals surface area (Å²) in [5.74, 6) is 0.911. The van der Waals surface area contributed by atoms with E-state index in [4.69, 9.17) is 0 Å². The van der Waals surface area contributed by atoms with E-state index in [-0.39, 0.29) is 0 Å². The van der Waals surface area contributed by atoms with Gasteiger partial charge in [-0.05, 0) is 51.4 Å². The summed E-state index contributed by atoms with van der Waals surface area (Å²) in [5, 5.41) is 18.7. The average molecular weight is 310 g/mol. The van der Waals surface area contributed by atoms with Crippen molar-refractivity contribution in [1.82, 2.24) is 9.80 Å². The number of hydrogen-bond donors (Lipinski definition) is 2. The number of nitrogens with zero attached hydrogens (tertiary/aromatic N) is 2. The van der Waals surface area contributed by atoms with E-state index < -0.39 is 0 Å². The molecule has 0 bridgehead atoms. The highest BCUT2D eigenvalue weighted by molar-refractivity contribution is 4.92. The monoisotopic (exact) mass is 310 g/mol. The van der Waals surface area contributed by atoms with Gasteiger partial charge in [0.15, 0.2) is 0 Å². The quantitative estimate of drug-likeness (QED) is 0.734. The lowest BCUT2D eigenvalue weighted by Gasteiger charge is -2.37. The molecule has 0 aromatic rings. The van der Waals surface area contributed by atoms with Gasteiger partial charge in [0.2, 0.25) is 0 Å². The number of likely N-dealkylation sites (tertiary alicyclic amines) is 2. The van der Waals surface area contributed by atoms with Crippen molar-refractivity contribution in [2.24, 2.45) is 11.8 Å². The fourth-order valence-corrected chi connectivity index (χ4v) is 3.75. The predicted octanol–water partition coefficient (Wildman–Crippen LogP) is 1.73. The Morgan fingerprint density at radius 3 is 1.55 bits per heavy atom. The molecule has 2 heterocycles. The molecule has 0 unspecified atom stereocenters. The Kier molecular flexibility index (Phi) is 7.35. The molecule has 0 aliphatic carbocycles. The Balaban J connectivity index is 1.74. The van der Waals surface area contributed by atoms with Crippen LogP contribution < -0.4 is 0 Å². The van der Waals surface area contributed by atoms with Gasteiger partial charge < -0.3 is 10.2 Å². The molecule has 4 heteroatoms. The van der Waals surface area contributed by atoms with Crippen molar-refractivity contribution >= 4 is 0 Å². The summed E-state index contributed by atoms with van der Waals surface area (Å²) in [6.07, 6.45) is 9.27. The van der Waals surface area contributed by atoms with Gasteiger partial charge in [0.1, 0.15) is 0 Å². The standard InChI is InChI=1S/C18H34N2O2/c1-15-5-7-17(13-21)11-19(15)9-3-4-10-20-12-18(14-22)8-6-16(20)2/h3-4,15-18,21-22H,5-14H2,1-2H3/b4-3+/t15-,16-,17+,18+/m1/s1. The van der Waals surface area contributed by atoms with Crippen LogP contribution in [0.3, 0.4) is 0 Å². The third-order valence-corrected chi connectivity index (χ3v) is 5.58. The second kappa shape index (κ2) is 9.02. The number of piperidine rings is 2. The Hall–Kier alpha value is -0.420. The van der Waals surface area contributed by atoms with E-state index in [1.807, 2.05) is 0 Å². The van der Waals surface area contributed by atoms with Gasteiger partial charge in [-0.3, -0.25) is 9.80 Å². The zero-order valence-corrected chi connectivity index (χ0v) is 14.3. The van der Waals surface area contributed by atoms with Crippen molar-refractivity contribution in [3.63, 3.8) is 0 Å². The highest BCUT2D eigenvalue weighted by Gasteiger charge is 2.25. The molecule has 2 aliphatic rings. The second-order valence-corrected chi connectivity index (χ2v) is 7.33. The van der Waals surface area contributed by atoms with Gasteiger partial charge in [0.25, 0.3) is 0 Å². The van der Waals surface area contributed by atoms with Gasteiger partial charge >= 0.3 is 0 Å². The molecule has 0 amide bonds. The maximum atomic E-state index is 9.34. The summed E-state index contributed by atoms with van der Waals surface area (Å²) >= 11 is 0. The maximum absolute atomic E-state index is 9.34.